The van der Waals surface area contributed by atoms with Crippen molar-refractivity contribution in [1.29, 1.82) is 0 Å². The van der Waals surface area contributed by atoms with E-state index in [0.717, 1.165) is 0 Å². The molecular weight excluding hydrogens is 348 g/mol. The molecule has 0 spiro atoms. The summed E-state index contributed by atoms with van der Waals surface area (Å²) in [4.78, 5) is 50.2. The van der Waals surface area contributed by atoms with Crippen LogP contribution in [-0.2, 0) is 9.53 Å². The van der Waals surface area contributed by atoms with Crippen molar-refractivity contribution in [3.8, 4) is 0 Å². The zero-order chi connectivity index (χ0) is 19.9. The lowest BCUT2D eigenvalue weighted by Crippen LogP contribution is -2.44. The van der Waals surface area contributed by atoms with E-state index in [9.17, 15) is 19.2 Å². The maximum Gasteiger partial charge on any atom is 0.338 e. The van der Waals surface area contributed by atoms with E-state index < -0.39 is 34.7 Å². The third-order valence-corrected chi connectivity index (χ3v) is 4.33. The molecule has 1 heterocycles. The third-order valence-electron chi connectivity index (χ3n) is 4.33. The van der Waals surface area contributed by atoms with Gasteiger partial charge < -0.3 is 4.74 Å². The first-order valence-electron chi connectivity index (χ1n) is 8.77. The fraction of sp³-hybridized carbons (Fsp3) is 0.400. The molecule has 2 aromatic rings. The normalized spacial score (nSPS) is 18.8. The zero-order valence-electron chi connectivity index (χ0n) is 15.8. The van der Waals surface area contributed by atoms with E-state index in [2.05, 4.69) is 0 Å². The molecule has 0 amide bonds. The van der Waals surface area contributed by atoms with E-state index in [4.69, 9.17) is 4.74 Å². The molecule has 27 heavy (non-hydrogen) atoms. The number of benzene rings is 1. The SMILES string of the molecule is Cc1cn([C@@H]2C[C@H]2C(=O)OC(C)(C)C)c(=O)n(C(=O)c2ccccc2)c1=O. The molecule has 0 radical (unpaired) electrons. The van der Waals surface area contributed by atoms with Gasteiger partial charge in [-0.25, -0.2) is 4.79 Å². The van der Waals surface area contributed by atoms with Crippen LogP contribution >= 0.6 is 0 Å². The van der Waals surface area contributed by atoms with Crippen molar-refractivity contribution in [3.05, 3.63) is 68.5 Å². The first kappa shape index (κ1) is 18.8. The van der Waals surface area contributed by atoms with Crippen LogP contribution in [0.2, 0.25) is 0 Å². The van der Waals surface area contributed by atoms with Crippen LogP contribution < -0.4 is 11.2 Å². The highest BCUT2D eigenvalue weighted by molar-refractivity contribution is 5.95. The van der Waals surface area contributed by atoms with Gasteiger partial charge >= 0.3 is 11.7 Å². The maximum atomic E-state index is 12.8. The Morgan fingerprint density at radius 2 is 1.74 bits per heavy atom. The lowest BCUT2D eigenvalue weighted by Gasteiger charge is -2.19. The van der Waals surface area contributed by atoms with Crippen LogP contribution in [0.4, 0.5) is 0 Å². The number of ether oxygens (including phenoxy) is 1. The third kappa shape index (κ3) is 3.77. The number of esters is 1. The van der Waals surface area contributed by atoms with Gasteiger partial charge in [0.1, 0.15) is 5.60 Å². The number of rotatable bonds is 3. The number of nitrogens with zero attached hydrogens (tertiary/aromatic N) is 2. The average molecular weight is 370 g/mol. The van der Waals surface area contributed by atoms with Gasteiger partial charge in [-0.15, -0.1) is 0 Å². The number of aromatic nitrogens is 2. The van der Waals surface area contributed by atoms with E-state index >= 15 is 0 Å². The lowest BCUT2D eigenvalue weighted by atomic mass is 10.2. The van der Waals surface area contributed by atoms with Crippen LogP contribution in [0.5, 0.6) is 0 Å². The molecule has 7 nitrogen and oxygen atoms in total. The minimum absolute atomic E-state index is 0.244. The highest BCUT2D eigenvalue weighted by atomic mass is 16.6. The van der Waals surface area contributed by atoms with Gasteiger partial charge in [0.15, 0.2) is 0 Å². The standard InChI is InChI=1S/C20H22N2O5/c1-12-11-21(15-10-14(15)18(25)27-20(2,3)4)19(26)22(16(12)23)17(24)13-8-6-5-7-9-13/h5-9,11,14-15H,10H2,1-4H3/t14-,15-/m1/s1. The highest BCUT2D eigenvalue weighted by Crippen LogP contribution is 2.43. The highest BCUT2D eigenvalue weighted by Gasteiger charge is 2.47. The molecule has 0 bridgehead atoms. The first-order valence-corrected chi connectivity index (χ1v) is 8.77. The topological polar surface area (TPSA) is 87.4 Å². The van der Waals surface area contributed by atoms with Crippen LogP contribution in [0.1, 0.15) is 49.2 Å². The zero-order valence-corrected chi connectivity index (χ0v) is 15.8. The van der Waals surface area contributed by atoms with E-state index in [0.29, 0.717) is 11.0 Å². The fourth-order valence-corrected chi connectivity index (χ4v) is 2.94. The van der Waals surface area contributed by atoms with Crippen molar-refractivity contribution in [1.82, 2.24) is 9.13 Å². The van der Waals surface area contributed by atoms with E-state index in [1.807, 2.05) is 0 Å². The van der Waals surface area contributed by atoms with E-state index in [1.165, 1.54) is 17.7 Å². The van der Waals surface area contributed by atoms with E-state index in [1.54, 1.807) is 51.1 Å². The fourth-order valence-electron chi connectivity index (χ4n) is 2.94. The number of hydrogen-bond donors (Lipinski definition) is 0. The van der Waals surface area contributed by atoms with E-state index in [-0.39, 0.29) is 17.1 Å². The Hall–Kier alpha value is -2.96. The van der Waals surface area contributed by atoms with Gasteiger partial charge in [-0.2, -0.15) is 4.57 Å². The van der Waals surface area contributed by atoms with Crippen LogP contribution in [0, 0.1) is 12.8 Å². The maximum absolute atomic E-state index is 12.8. The summed E-state index contributed by atoms with van der Waals surface area (Å²) in [5.74, 6) is -1.53. The number of carbonyl (C=O) groups is 2. The summed E-state index contributed by atoms with van der Waals surface area (Å²) in [6.07, 6.45) is 1.85. The van der Waals surface area contributed by atoms with Gasteiger partial charge in [0, 0.05) is 17.3 Å². The lowest BCUT2D eigenvalue weighted by molar-refractivity contribution is -0.156. The van der Waals surface area contributed by atoms with Crippen LogP contribution in [0.15, 0.2) is 46.1 Å². The molecule has 0 saturated heterocycles. The minimum atomic E-state index is -0.740. The Bertz CT molecular complexity index is 1010. The molecular formula is C20H22N2O5. The number of hydrogen-bond acceptors (Lipinski definition) is 5. The van der Waals surface area contributed by atoms with Crippen LogP contribution in [-0.4, -0.2) is 26.6 Å². The largest absolute Gasteiger partial charge is 0.460 e. The van der Waals surface area contributed by atoms with Crippen molar-refractivity contribution in [2.75, 3.05) is 0 Å². The molecule has 1 fully saturated rings. The number of aryl methyl sites for hydroxylation is 1. The Kier molecular flexibility index (Phi) is 4.63. The average Bonchev–Trinajstić information content (AvgIpc) is 3.38. The Labute approximate surface area is 156 Å². The smallest absolute Gasteiger partial charge is 0.338 e. The molecule has 2 atom stereocenters. The second kappa shape index (κ2) is 6.64. The molecule has 0 aliphatic heterocycles. The summed E-state index contributed by atoms with van der Waals surface area (Å²) in [6, 6.07) is 7.73. The molecule has 142 valence electrons. The first-order chi connectivity index (χ1) is 12.6. The van der Waals surface area contributed by atoms with Crippen molar-refractivity contribution in [2.24, 2.45) is 5.92 Å². The molecule has 1 aromatic carbocycles. The van der Waals surface area contributed by atoms with Gasteiger partial charge in [-0.3, -0.25) is 19.0 Å². The second-order valence-corrected chi connectivity index (χ2v) is 7.76. The predicted molar refractivity (Wildman–Crippen MR) is 98.9 cm³/mol. The summed E-state index contributed by atoms with van der Waals surface area (Å²) in [7, 11) is 0. The second-order valence-electron chi connectivity index (χ2n) is 7.76. The minimum Gasteiger partial charge on any atom is -0.460 e. The predicted octanol–water partition coefficient (Wildman–Crippen LogP) is 1.91. The van der Waals surface area contributed by atoms with Gasteiger partial charge in [0.2, 0.25) is 0 Å². The van der Waals surface area contributed by atoms with Gasteiger partial charge in [0.25, 0.3) is 11.5 Å². The van der Waals surface area contributed by atoms with Gasteiger partial charge in [0.05, 0.1) is 12.0 Å². The quantitative estimate of drug-likeness (QED) is 0.770. The van der Waals surface area contributed by atoms with Crippen molar-refractivity contribution >= 4 is 11.9 Å². The van der Waals surface area contributed by atoms with Crippen molar-refractivity contribution in [3.63, 3.8) is 0 Å². The van der Waals surface area contributed by atoms with Crippen LogP contribution in [0.25, 0.3) is 0 Å². The van der Waals surface area contributed by atoms with Crippen molar-refractivity contribution < 1.29 is 14.3 Å². The molecule has 1 aliphatic carbocycles. The summed E-state index contributed by atoms with van der Waals surface area (Å²) in [5, 5.41) is 0. The molecule has 1 saturated carbocycles. The Morgan fingerprint density at radius 3 is 2.33 bits per heavy atom. The van der Waals surface area contributed by atoms with Gasteiger partial charge in [-0.05, 0) is 46.2 Å². The van der Waals surface area contributed by atoms with Crippen molar-refractivity contribution in [2.45, 2.75) is 45.8 Å². The molecule has 3 rings (SSSR count). The summed E-state index contributed by atoms with van der Waals surface area (Å²) < 4.78 is 7.30. The monoisotopic (exact) mass is 370 g/mol. The molecule has 0 unspecified atom stereocenters. The summed E-state index contributed by atoms with van der Waals surface area (Å²) >= 11 is 0. The van der Waals surface area contributed by atoms with Crippen LogP contribution in [0.3, 0.4) is 0 Å². The molecule has 0 N–H and O–H groups in total. The summed E-state index contributed by atoms with van der Waals surface area (Å²) in [6.45, 7) is 6.86. The molecule has 7 heteroatoms. The Balaban J connectivity index is 1.97. The molecule has 1 aliphatic rings. The Morgan fingerprint density at radius 1 is 1.11 bits per heavy atom. The number of carbonyl (C=O) groups excluding carboxylic acids is 2. The summed E-state index contributed by atoms with van der Waals surface area (Å²) in [5.41, 5.74) is -1.51. The molecule has 1 aromatic heterocycles. The van der Waals surface area contributed by atoms with Gasteiger partial charge in [-0.1, -0.05) is 18.2 Å².